The van der Waals surface area contributed by atoms with Crippen molar-refractivity contribution in [3.05, 3.63) is 95.2 Å². The summed E-state index contributed by atoms with van der Waals surface area (Å²) in [5.74, 6) is 0.741. The summed E-state index contributed by atoms with van der Waals surface area (Å²) in [6.07, 6.45) is 1.82. The number of rotatable bonds is 5. The standard InChI is InChI=1S/C23H23N3O/c27-23(24-15-13-18-7-2-1-3-8-18)21-11-6-12-22(25-21)26-16-14-19-9-4-5-10-20(19)17-26/h1-12H,13-17H2,(H,24,27). The van der Waals surface area contributed by atoms with Gasteiger partial charge in [-0.2, -0.15) is 0 Å². The van der Waals surface area contributed by atoms with Gasteiger partial charge in [-0.25, -0.2) is 4.98 Å². The van der Waals surface area contributed by atoms with E-state index in [1.165, 1.54) is 16.7 Å². The van der Waals surface area contributed by atoms with Gasteiger partial charge >= 0.3 is 0 Å². The molecule has 1 N–H and O–H groups in total. The molecule has 0 unspecified atom stereocenters. The third-order valence-electron chi connectivity index (χ3n) is 4.96. The summed E-state index contributed by atoms with van der Waals surface area (Å²) >= 11 is 0. The van der Waals surface area contributed by atoms with E-state index >= 15 is 0 Å². The van der Waals surface area contributed by atoms with Gasteiger partial charge in [-0.1, -0.05) is 60.7 Å². The average molecular weight is 357 g/mol. The molecule has 0 radical (unpaired) electrons. The van der Waals surface area contributed by atoms with Gasteiger partial charge < -0.3 is 10.2 Å². The number of amides is 1. The molecule has 0 spiro atoms. The van der Waals surface area contributed by atoms with E-state index in [1.807, 2.05) is 30.3 Å². The number of benzene rings is 2. The Bertz CT molecular complexity index is 924. The lowest BCUT2D eigenvalue weighted by Crippen LogP contribution is -2.32. The first-order valence-corrected chi connectivity index (χ1v) is 9.40. The van der Waals surface area contributed by atoms with Crippen LogP contribution in [0.15, 0.2) is 72.8 Å². The van der Waals surface area contributed by atoms with E-state index < -0.39 is 0 Å². The molecular weight excluding hydrogens is 334 g/mol. The summed E-state index contributed by atoms with van der Waals surface area (Å²) < 4.78 is 0. The Morgan fingerprint density at radius 3 is 2.56 bits per heavy atom. The monoisotopic (exact) mass is 357 g/mol. The van der Waals surface area contributed by atoms with E-state index in [1.54, 1.807) is 6.07 Å². The van der Waals surface area contributed by atoms with Crippen LogP contribution in [0.2, 0.25) is 0 Å². The zero-order valence-electron chi connectivity index (χ0n) is 15.3. The van der Waals surface area contributed by atoms with Crippen molar-refractivity contribution in [2.45, 2.75) is 19.4 Å². The zero-order valence-corrected chi connectivity index (χ0v) is 15.3. The number of carbonyl (C=O) groups excluding carboxylic acids is 1. The van der Waals surface area contributed by atoms with Crippen molar-refractivity contribution in [3.8, 4) is 0 Å². The van der Waals surface area contributed by atoms with Gasteiger partial charge in [0.05, 0.1) is 0 Å². The molecule has 4 nitrogen and oxygen atoms in total. The van der Waals surface area contributed by atoms with Crippen molar-refractivity contribution in [1.82, 2.24) is 10.3 Å². The number of aromatic nitrogens is 1. The lowest BCUT2D eigenvalue weighted by molar-refractivity contribution is 0.0949. The molecule has 1 amide bonds. The molecule has 1 aliphatic heterocycles. The molecule has 2 heterocycles. The fourth-order valence-electron chi connectivity index (χ4n) is 3.47. The molecule has 0 saturated carbocycles. The second-order valence-corrected chi connectivity index (χ2v) is 6.81. The zero-order chi connectivity index (χ0) is 18.5. The van der Waals surface area contributed by atoms with Gasteiger partial charge in [0, 0.05) is 19.6 Å². The molecule has 0 bridgehead atoms. The fourth-order valence-corrected chi connectivity index (χ4v) is 3.47. The van der Waals surface area contributed by atoms with Crippen LogP contribution < -0.4 is 10.2 Å². The van der Waals surface area contributed by atoms with Gasteiger partial charge in [0.1, 0.15) is 11.5 Å². The Hall–Kier alpha value is -3.14. The number of hydrogen-bond acceptors (Lipinski definition) is 3. The first kappa shape index (κ1) is 17.3. The minimum atomic E-state index is -0.120. The van der Waals surface area contributed by atoms with Crippen LogP contribution in [-0.2, 0) is 19.4 Å². The highest BCUT2D eigenvalue weighted by Gasteiger charge is 2.18. The normalized spacial score (nSPS) is 13.1. The Morgan fingerprint density at radius 2 is 1.70 bits per heavy atom. The molecule has 27 heavy (non-hydrogen) atoms. The van der Waals surface area contributed by atoms with Gasteiger partial charge in [0.25, 0.3) is 5.91 Å². The van der Waals surface area contributed by atoms with E-state index in [-0.39, 0.29) is 5.91 Å². The van der Waals surface area contributed by atoms with Crippen LogP contribution >= 0.6 is 0 Å². The van der Waals surface area contributed by atoms with Crippen molar-refractivity contribution in [2.24, 2.45) is 0 Å². The van der Waals surface area contributed by atoms with Gasteiger partial charge in [0.15, 0.2) is 0 Å². The lowest BCUT2D eigenvalue weighted by atomic mass is 10.00. The number of hydrogen-bond donors (Lipinski definition) is 1. The second kappa shape index (κ2) is 8.04. The molecule has 0 saturated heterocycles. The van der Waals surface area contributed by atoms with Gasteiger partial charge in [-0.3, -0.25) is 4.79 Å². The highest BCUT2D eigenvalue weighted by molar-refractivity contribution is 5.92. The average Bonchev–Trinajstić information content (AvgIpc) is 2.74. The van der Waals surface area contributed by atoms with E-state index in [4.69, 9.17) is 0 Å². The van der Waals surface area contributed by atoms with Gasteiger partial charge in [0.2, 0.25) is 0 Å². The summed E-state index contributed by atoms with van der Waals surface area (Å²) in [6, 6.07) is 24.4. The number of anilines is 1. The first-order valence-electron chi connectivity index (χ1n) is 9.40. The van der Waals surface area contributed by atoms with Crippen LogP contribution in [-0.4, -0.2) is 24.0 Å². The summed E-state index contributed by atoms with van der Waals surface area (Å²) in [5.41, 5.74) is 4.43. The summed E-state index contributed by atoms with van der Waals surface area (Å²) in [6.45, 7) is 2.36. The fraction of sp³-hybridized carbons (Fsp3) is 0.217. The van der Waals surface area contributed by atoms with E-state index in [2.05, 4.69) is 51.6 Å². The maximum atomic E-state index is 12.5. The topological polar surface area (TPSA) is 45.2 Å². The van der Waals surface area contributed by atoms with Crippen LogP contribution in [0.3, 0.4) is 0 Å². The quantitative estimate of drug-likeness (QED) is 0.759. The molecule has 1 aromatic heterocycles. The summed E-state index contributed by atoms with van der Waals surface area (Å²) in [4.78, 5) is 19.3. The Morgan fingerprint density at radius 1 is 0.926 bits per heavy atom. The van der Waals surface area contributed by atoms with Crippen LogP contribution in [0.25, 0.3) is 0 Å². The molecule has 1 aliphatic rings. The number of nitrogens with one attached hydrogen (secondary N) is 1. The Balaban J connectivity index is 1.39. The number of fused-ring (bicyclic) bond motifs is 1. The molecule has 4 rings (SSSR count). The lowest BCUT2D eigenvalue weighted by Gasteiger charge is -2.29. The number of carbonyl (C=O) groups is 1. The van der Waals surface area contributed by atoms with Crippen LogP contribution in [0.5, 0.6) is 0 Å². The van der Waals surface area contributed by atoms with Crippen molar-refractivity contribution < 1.29 is 4.79 Å². The predicted octanol–water partition coefficient (Wildman–Crippen LogP) is 3.62. The molecule has 0 atom stereocenters. The molecule has 136 valence electrons. The second-order valence-electron chi connectivity index (χ2n) is 6.81. The molecule has 4 heteroatoms. The third kappa shape index (κ3) is 4.17. The van der Waals surface area contributed by atoms with E-state index in [0.717, 1.165) is 31.7 Å². The highest BCUT2D eigenvalue weighted by Crippen LogP contribution is 2.23. The Kier molecular flexibility index (Phi) is 5.15. The number of pyridine rings is 1. The van der Waals surface area contributed by atoms with Crippen molar-refractivity contribution >= 4 is 11.7 Å². The first-order chi connectivity index (χ1) is 13.3. The van der Waals surface area contributed by atoms with Crippen molar-refractivity contribution in [3.63, 3.8) is 0 Å². The van der Waals surface area contributed by atoms with Crippen molar-refractivity contribution in [2.75, 3.05) is 18.0 Å². The minimum absolute atomic E-state index is 0.120. The van der Waals surface area contributed by atoms with E-state index in [9.17, 15) is 4.79 Å². The molecule has 2 aromatic carbocycles. The van der Waals surface area contributed by atoms with Gasteiger partial charge in [-0.15, -0.1) is 0 Å². The molecule has 0 fully saturated rings. The maximum absolute atomic E-state index is 12.5. The highest BCUT2D eigenvalue weighted by atomic mass is 16.1. The third-order valence-corrected chi connectivity index (χ3v) is 4.96. The summed E-state index contributed by atoms with van der Waals surface area (Å²) in [7, 11) is 0. The maximum Gasteiger partial charge on any atom is 0.269 e. The molecule has 0 aliphatic carbocycles. The molecule has 3 aromatic rings. The Labute approximate surface area is 159 Å². The number of nitrogens with zero attached hydrogens (tertiary/aromatic N) is 2. The van der Waals surface area contributed by atoms with E-state index in [0.29, 0.717) is 12.2 Å². The molecular formula is C23H23N3O. The van der Waals surface area contributed by atoms with Gasteiger partial charge in [-0.05, 0) is 41.7 Å². The van der Waals surface area contributed by atoms with Crippen LogP contribution in [0.1, 0.15) is 27.2 Å². The van der Waals surface area contributed by atoms with Crippen LogP contribution in [0, 0.1) is 0 Å². The van der Waals surface area contributed by atoms with Crippen molar-refractivity contribution in [1.29, 1.82) is 0 Å². The predicted molar refractivity (Wildman–Crippen MR) is 108 cm³/mol. The largest absolute Gasteiger partial charge is 0.352 e. The summed E-state index contributed by atoms with van der Waals surface area (Å²) in [5, 5.41) is 2.97. The smallest absolute Gasteiger partial charge is 0.269 e. The minimum Gasteiger partial charge on any atom is -0.352 e. The SMILES string of the molecule is O=C(NCCc1ccccc1)c1cccc(N2CCc3ccccc3C2)n1. The van der Waals surface area contributed by atoms with Crippen LogP contribution in [0.4, 0.5) is 5.82 Å².